The van der Waals surface area contributed by atoms with Gasteiger partial charge in [0.1, 0.15) is 0 Å². The van der Waals surface area contributed by atoms with Crippen molar-refractivity contribution in [2.45, 2.75) is 59.2 Å². The van der Waals surface area contributed by atoms with Crippen LogP contribution in [0.25, 0.3) is 0 Å². The average molecular weight is 306 g/mol. The van der Waals surface area contributed by atoms with Gasteiger partial charge in [-0.15, -0.1) is 0 Å². The Balaban J connectivity index is 2.11. The molecule has 2 nitrogen and oxygen atoms in total. The second-order valence-corrected chi connectivity index (χ2v) is 8.50. The summed E-state index contributed by atoms with van der Waals surface area (Å²) >= 11 is 0. The highest BCUT2D eigenvalue weighted by Crippen LogP contribution is 2.47. The van der Waals surface area contributed by atoms with Crippen LogP contribution in [0.3, 0.4) is 0 Å². The molecule has 2 aliphatic rings. The molecule has 124 valence electrons. The first-order valence-electron chi connectivity index (χ1n) is 8.00. The fourth-order valence-corrected chi connectivity index (χ4v) is 4.53. The number of hydrogen-bond donors (Lipinski definition) is 1. The van der Waals surface area contributed by atoms with Crippen molar-refractivity contribution in [1.29, 1.82) is 0 Å². The fraction of sp³-hybridized carbons (Fsp3) is 1.00. The molecule has 0 spiro atoms. The smallest absolute Gasteiger partial charge is 0.315 e. The molecule has 1 N–H and O–H groups in total. The third kappa shape index (κ3) is 4.59. The minimum absolute atomic E-state index is 0.0551. The highest BCUT2D eigenvalue weighted by Gasteiger charge is 2.45. The van der Waals surface area contributed by atoms with Gasteiger partial charge in [-0.3, -0.25) is 4.90 Å². The summed E-state index contributed by atoms with van der Waals surface area (Å²) in [4.78, 5) is 2.10. The maximum atomic E-state index is 13.1. The van der Waals surface area contributed by atoms with E-state index in [-0.39, 0.29) is 30.0 Å². The Labute approximate surface area is 126 Å². The van der Waals surface area contributed by atoms with E-state index < -0.39 is 12.1 Å². The van der Waals surface area contributed by atoms with E-state index in [1.54, 1.807) is 0 Å². The SMILES string of the molecule is CC1(C)CC(N2CCNCC(C(F)(F)F)C2)CC(C)(C)C1. The number of nitrogens with one attached hydrogen (secondary N) is 1. The van der Waals surface area contributed by atoms with Crippen molar-refractivity contribution < 1.29 is 13.2 Å². The Bertz CT molecular complexity index is 347. The molecule has 1 aliphatic carbocycles. The van der Waals surface area contributed by atoms with Crippen LogP contribution in [0, 0.1) is 16.7 Å². The molecule has 0 bridgehead atoms. The number of rotatable bonds is 1. The average Bonchev–Trinajstić information content (AvgIpc) is 2.48. The van der Waals surface area contributed by atoms with Gasteiger partial charge in [0.15, 0.2) is 0 Å². The van der Waals surface area contributed by atoms with Crippen molar-refractivity contribution >= 4 is 0 Å². The molecule has 0 aromatic heterocycles. The molecule has 1 saturated carbocycles. The second-order valence-electron chi connectivity index (χ2n) is 8.50. The van der Waals surface area contributed by atoms with E-state index in [1.165, 1.54) is 0 Å². The summed E-state index contributed by atoms with van der Waals surface area (Å²) in [5, 5.41) is 2.95. The molecule has 2 rings (SSSR count). The first-order valence-corrected chi connectivity index (χ1v) is 8.00. The Kier molecular flexibility index (Phi) is 4.66. The van der Waals surface area contributed by atoms with Crippen molar-refractivity contribution in [2.75, 3.05) is 26.2 Å². The molecule has 0 aromatic carbocycles. The molecule has 2 fully saturated rings. The van der Waals surface area contributed by atoms with Crippen LogP contribution in [0.15, 0.2) is 0 Å². The predicted molar refractivity (Wildman–Crippen MR) is 79.2 cm³/mol. The summed E-state index contributed by atoms with van der Waals surface area (Å²) < 4.78 is 39.3. The minimum Gasteiger partial charge on any atom is -0.315 e. The number of alkyl halides is 3. The van der Waals surface area contributed by atoms with Crippen molar-refractivity contribution in [3.05, 3.63) is 0 Å². The van der Waals surface area contributed by atoms with E-state index >= 15 is 0 Å². The summed E-state index contributed by atoms with van der Waals surface area (Å²) in [7, 11) is 0. The molecule has 5 heteroatoms. The lowest BCUT2D eigenvalue weighted by Crippen LogP contribution is -2.49. The number of halogens is 3. The lowest BCUT2D eigenvalue weighted by atomic mass is 9.63. The quantitative estimate of drug-likeness (QED) is 0.795. The van der Waals surface area contributed by atoms with Gasteiger partial charge in [-0.1, -0.05) is 27.7 Å². The van der Waals surface area contributed by atoms with Crippen LogP contribution in [-0.2, 0) is 0 Å². The van der Waals surface area contributed by atoms with Gasteiger partial charge in [0.25, 0.3) is 0 Å². The molecule has 1 saturated heterocycles. The minimum atomic E-state index is -4.10. The van der Waals surface area contributed by atoms with Crippen LogP contribution in [0.1, 0.15) is 47.0 Å². The van der Waals surface area contributed by atoms with Crippen LogP contribution >= 0.6 is 0 Å². The van der Waals surface area contributed by atoms with Crippen LogP contribution in [0.2, 0.25) is 0 Å². The third-order valence-electron chi connectivity index (χ3n) is 4.93. The van der Waals surface area contributed by atoms with Crippen molar-refractivity contribution in [2.24, 2.45) is 16.7 Å². The molecule has 1 aliphatic heterocycles. The lowest BCUT2D eigenvalue weighted by Gasteiger charge is -2.48. The van der Waals surface area contributed by atoms with Crippen LogP contribution < -0.4 is 5.32 Å². The standard InChI is InChI=1S/C16H29F3N2/c1-14(2)7-13(8-15(3,4)11-14)21-6-5-20-9-12(10-21)16(17,18)19/h12-13,20H,5-11H2,1-4H3. The Morgan fingerprint density at radius 2 is 1.62 bits per heavy atom. The van der Waals surface area contributed by atoms with Gasteiger partial charge >= 0.3 is 6.18 Å². The summed E-state index contributed by atoms with van der Waals surface area (Å²) in [6, 6.07) is 0.272. The first-order chi connectivity index (χ1) is 9.49. The predicted octanol–water partition coefficient (Wildman–Crippen LogP) is 3.68. The zero-order valence-electron chi connectivity index (χ0n) is 13.7. The number of nitrogens with zero attached hydrogens (tertiary/aromatic N) is 1. The van der Waals surface area contributed by atoms with Crippen LogP contribution in [-0.4, -0.2) is 43.3 Å². The van der Waals surface area contributed by atoms with Gasteiger partial charge in [0.2, 0.25) is 0 Å². The monoisotopic (exact) mass is 306 g/mol. The molecule has 0 radical (unpaired) electrons. The van der Waals surface area contributed by atoms with Crippen LogP contribution in [0.5, 0.6) is 0 Å². The Hall–Kier alpha value is -0.290. The molecule has 21 heavy (non-hydrogen) atoms. The second kappa shape index (κ2) is 5.73. The Morgan fingerprint density at radius 3 is 2.14 bits per heavy atom. The normalized spacial score (nSPS) is 31.9. The van der Waals surface area contributed by atoms with Crippen molar-refractivity contribution in [3.8, 4) is 0 Å². The van der Waals surface area contributed by atoms with E-state index in [2.05, 4.69) is 37.9 Å². The molecule has 1 atom stereocenters. The lowest BCUT2D eigenvalue weighted by molar-refractivity contribution is -0.178. The number of hydrogen-bond acceptors (Lipinski definition) is 2. The zero-order chi connectivity index (χ0) is 15.9. The Morgan fingerprint density at radius 1 is 1.05 bits per heavy atom. The van der Waals surface area contributed by atoms with Crippen molar-refractivity contribution in [1.82, 2.24) is 10.2 Å². The summed E-state index contributed by atoms with van der Waals surface area (Å²) in [6.45, 7) is 10.6. The summed E-state index contributed by atoms with van der Waals surface area (Å²) in [5.41, 5.74) is 0.416. The van der Waals surface area contributed by atoms with E-state index in [1.807, 2.05) is 0 Å². The maximum Gasteiger partial charge on any atom is 0.394 e. The van der Waals surface area contributed by atoms with Crippen molar-refractivity contribution in [3.63, 3.8) is 0 Å². The summed E-state index contributed by atoms with van der Waals surface area (Å²) in [6.07, 6.45) is -0.956. The van der Waals surface area contributed by atoms with Gasteiger partial charge < -0.3 is 5.32 Å². The fourth-order valence-electron chi connectivity index (χ4n) is 4.53. The van der Waals surface area contributed by atoms with Gasteiger partial charge in [-0.05, 0) is 30.1 Å². The summed E-state index contributed by atoms with van der Waals surface area (Å²) in [5.74, 6) is -1.24. The van der Waals surface area contributed by atoms with E-state index in [4.69, 9.17) is 0 Å². The third-order valence-corrected chi connectivity index (χ3v) is 4.93. The molecular weight excluding hydrogens is 277 g/mol. The van der Waals surface area contributed by atoms with E-state index in [9.17, 15) is 13.2 Å². The molecule has 1 unspecified atom stereocenters. The van der Waals surface area contributed by atoms with Gasteiger partial charge in [0, 0.05) is 32.2 Å². The van der Waals surface area contributed by atoms with Gasteiger partial charge in [-0.2, -0.15) is 13.2 Å². The highest BCUT2D eigenvalue weighted by molar-refractivity contribution is 4.94. The largest absolute Gasteiger partial charge is 0.394 e. The highest BCUT2D eigenvalue weighted by atomic mass is 19.4. The van der Waals surface area contributed by atoms with E-state index in [0.717, 1.165) is 25.8 Å². The topological polar surface area (TPSA) is 15.3 Å². The van der Waals surface area contributed by atoms with Gasteiger partial charge in [0.05, 0.1) is 5.92 Å². The molecule has 0 amide bonds. The van der Waals surface area contributed by atoms with Crippen LogP contribution in [0.4, 0.5) is 13.2 Å². The first kappa shape index (κ1) is 17.1. The molecule has 0 aromatic rings. The molecule has 1 heterocycles. The molecular formula is C16H29F3N2. The zero-order valence-corrected chi connectivity index (χ0v) is 13.7. The van der Waals surface area contributed by atoms with Gasteiger partial charge in [-0.25, -0.2) is 0 Å². The van der Waals surface area contributed by atoms with E-state index in [0.29, 0.717) is 6.54 Å². The maximum absolute atomic E-state index is 13.1.